The molecule has 5 rings (SSSR count). The average Bonchev–Trinajstić information content (AvgIpc) is 3.40. The van der Waals surface area contributed by atoms with Crippen LogP contribution in [0.4, 0.5) is 8.78 Å². The van der Waals surface area contributed by atoms with E-state index in [9.17, 15) is 14.3 Å². The molecule has 2 heterocycles. The second-order valence-electron chi connectivity index (χ2n) is 10.4. The lowest BCUT2D eigenvalue weighted by molar-refractivity contribution is -0.127. The summed E-state index contributed by atoms with van der Waals surface area (Å²) in [6.07, 6.45) is 15.3. The van der Waals surface area contributed by atoms with Gasteiger partial charge in [-0.25, -0.2) is 13.8 Å². The summed E-state index contributed by atoms with van der Waals surface area (Å²) in [4.78, 5) is 22.3. The quantitative estimate of drug-likeness (QED) is 0.418. The lowest BCUT2D eigenvalue weighted by atomic mass is 9.82. The van der Waals surface area contributed by atoms with E-state index in [4.69, 9.17) is 0 Å². The molecule has 2 saturated carbocycles. The number of aliphatic hydroxyl groups is 1. The number of pyridine rings is 1. The smallest absolute Gasteiger partial charge is 0.243 e. The number of nitrogens with zero attached hydrogens (tertiary/aromatic N) is 3. The van der Waals surface area contributed by atoms with Gasteiger partial charge in [-0.15, -0.1) is 0 Å². The molecule has 37 heavy (non-hydrogen) atoms. The number of benzene rings is 1. The number of amides is 1. The zero-order chi connectivity index (χ0) is 25.8. The molecule has 0 radical (unpaired) electrons. The van der Waals surface area contributed by atoms with E-state index in [1.165, 1.54) is 24.9 Å². The van der Waals surface area contributed by atoms with Crippen LogP contribution in [0.5, 0.6) is 0 Å². The van der Waals surface area contributed by atoms with Gasteiger partial charge in [0.15, 0.2) is 11.6 Å². The molecule has 6 nitrogen and oxygen atoms in total. The number of hydrogen-bond acceptors (Lipinski definition) is 4. The van der Waals surface area contributed by atoms with Crippen LogP contribution in [0.25, 0.3) is 11.4 Å². The van der Waals surface area contributed by atoms with Gasteiger partial charge in [0, 0.05) is 36.4 Å². The van der Waals surface area contributed by atoms with Crippen molar-refractivity contribution in [2.24, 2.45) is 5.92 Å². The monoisotopic (exact) mass is 508 g/mol. The summed E-state index contributed by atoms with van der Waals surface area (Å²) in [6.45, 7) is 0. The summed E-state index contributed by atoms with van der Waals surface area (Å²) in [5, 5.41) is 14.4. The van der Waals surface area contributed by atoms with E-state index in [2.05, 4.69) is 15.3 Å². The van der Waals surface area contributed by atoms with Gasteiger partial charge >= 0.3 is 0 Å². The minimum absolute atomic E-state index is 0.0635. The van der Waals surface area contributed by atoms with E-state index in [0.717, 1.165) is 63.9 Å². The lowest BCUT2D eigenvalue weighted by Gasteiger charge is -2.33. The van der Waals surface area contributed by atoms with Gasteiger partial charge in [-0.1, -0.05) is 50.7 Å². The maximum atomic E-state index is 15.5. The van der Waals surface area contributed by atoms with Gasteiger partial charge in [-0.2, -0.15) is 0 Å². The Morgan fingerprint density at radius 3 is 2.43 bits per heavy atom. The van der Waals surface area contributed by atoms with Gasteiger partial charge < -0.3 is 15.0 Å². The van der Waals surface area contributed by atoms with Gasteiger partial charge in [0.2, 0.25) is 5.91 Å². The third-order valence-corrected chi connectivity index (χ3v) is 7.93. The van der Waals surface area contributed by atoms with Crippen molar-refractivity contribution in [3.8, 4) is 11.4 Å². The predicted octanol–water partition coefficient (Wildman–Crippen LogP) is 5.88. The Balaban J connectivity index is 1.57. The van der Waals surface area contributed by atoms with Crippen LogP contribution in [0.1, 0.15) is 87.5 Å². The molecule has 1 aromatic carbocycles. The summed E-state index contributed by atoms with van der Waals surface area (Å²) in [7, 11) is 0. The fourth-order valence-electron chi connectivity index (χ4n) is 6.02. The molecule has 0 spiro atoms. The Kier molecular flexibility index (Phi) is 7.93. The highest BCUT2D eigenvalue weighted by molar-refractivity contribution is 5.82. The topological polar surface area (TPSA) is 80.0 Å². The Morgan fingerprint density at radius 1 is 1.00 bits per heavy atom. The third kappa shape index (κ3) is 5.44. The van der Waals surface area contributed by atoms with Crippen molar-refractivity contribution in [2.45, 2.75) is 82.4 Å². The van der Waals surface area contributed by atoms with E-state index in [0.29, 0.717) is 5.56 Å². The number of carbonyl (C=O) groups is 1. The summed E-state index contributed by atoms with van der Waals surface area (Å²) in [5.74, 6) is -2.02. The second-order valence-corrected chi connectivity index (χ2v) is 10.4. The Labute approximate surface area is 216 Å². The number of aromatic nitrogens is 3. The average molecular weight is 509 g/mol. The Hall–Kier alpha value is -3.13. The van der Waals surface area contributed by atoms with E-state index in [-0.39, 0.29) is 34.8 Å². The number of halogens is 2. The first-order valence-electron chi connectivity index (χ1n) is 13.4. The highest BCUT2D eigenvalue weighted by Gasteiger charge is 2.35. The van der Waals surface area contributed by atoms with Gasteiger partial charge in [0.25, 0.3) is 0 Å². The standard InChI is InChI=1S/C29H34F2N4O2/c30-23-14-13-22(27(36)20-10-7-15-32-18-20)24(25(23)31)28-33-16-17-35(28)26(19-8-3-1-4-9-19)29(37)34-21-11-5-2-6-12-21/h7,10,13-19,21,26-27,36H,1-6,8-9,11-12H2,(H,34,37). The molecular weight excluding hydrogens is 474 g/mol. The first-order valence-corrected chi connectivity index (χ1v) is 13.4. The van der Waals surface area contributed by atoms with Gasteiger partial charge in [-0.05, 0) is 49.3 Å². The molecule has 8 heteroatoms. The number of carbonyl (C=O) groups excluding carboxylic acids is 1. The number of imidazole rings is 1. The van der Waals surface area contributed by atoms with Crippen molar-refractivity contribution in [2.75, 3.05) is 0 Å². The van der Waals surface area contributed by atoms with Crippen LogP contribution < -0.4 is 5.32 Å². The summed E-state index contributed by atoms with van der Waals surface area (Å²) in [6, 6.07) is 5.28. The lowest BCUT2D eigenvalue weighted by Crippen LogP contribution is -2.43. The van der Waals surface area contributed by atoms with Crippen molar-refractivity contribution in [3.63, 3.8) is 0 Å². The van der Waals surface area contributed by atoms with Gasteiger partial charge in [-0.3, -0.25) is 9.78 Å². The van der Waals surface area contributed by atoms with Gasteiger partial charge in [0.1, 0.15) is 18.0 Å². The first-order chi connectivity index (χ1) is 18.0. The van der Waals surface area contributed by atoms with Crippen LogP contribution in [0, 0.1) is 17.6 Å². The number of aliphatic hydroxyl groups excluding tert-OH is 1. The molecule has 1 amide bonds. The van der Waals surface area contributed by atoms with Crippen molar-refractivity contribution in [1.29, 1.82) is 0 Å². The summed E-state index contributed by atoms with van der Waals surface area (Å²) >= 11 is 0. The molecule has 2 aromatic heterocycles. The largest absolute Gasteiger partial charge is 0.384 e. The highest BCUT2D eigenvalue weighted by Crippen LogP contribution is 2.39. The third-order valence-electron chi connectivity index (χ3n) is 7.93. The molecule has 2 fully saturated rings. The highest BCUT2D eigenvalue weighted by atomic mass is 19.2. The van der Waals surface area contributed by atoms with Crippen LogP contribution in [-0.4, -0.2) is 31.6 Å². The SMILES string of the molecule is O=C(NC1CCCCC1)C(C1CCCCC1)n1ccnc1-c1c(C(O)c2cccnc2)ccc(F)c1F. The maximum absolute atomic E-state index is 15.5. The minimum atomic E-state index is -1.24. The predicted molar refractivity (Wildman–Crippen MR) is 137 cm³/mol. The van der Waals surface area contributed by atoms with E-state index in [1.807, 2.05) is 0 Å². The van der Waals surface area contributed by atoms with Crippen molar-refractivity contribution in [3.05, 3.63) is 71.8 Å². The van der Waals surface area contributed by atoms with Gasteiger partial charge in [0.05, 0.1) is 5.56 Å². The fraction of sp³-hybridized carbons (Fsp3) is 0.483. The molecule has 0 bridgehead atoms. The zero-order valence-electron chi connectivity index (χ0n) is 21.0. The van der Waals surface area contributed by atoms with Crippen molar-refractivity contribution < 1.29 is 18.7 Å². The van der Waals surface area contributed by atoms with Crippen molar-refractivity contribution >= 4 is 5.91 Å². The number of hydrogen-bond donors (Lipinski definition) is 2. The summed E-state index contributed by atoms with van der Waals surface area (Å²) in [5.41, 5.74) is 0.494. The molecular formula is C29H34F2N4O2. The molecule has 2 aliphatic rings. The first kappa shape index (κ1) is 25.5. The second kappa shape index (κ2) is 11.5. The molecule has 3 aromatic rings. The molecule has 0 aliphatic heterocycles. The molecule has 2 aliphatic carbocycles. The van der Waals surface area contributed by atoms with E-state index in [1.54, 1.807) is 29.1 Å². The molecule has 0 saturated heterocycles. The summed E-state index contributed by atoms with van der Waals surface area (Å²) < 4.78 is 31.8. The van der Waals surface area contributed by atoms with Crippen LogP contribution in [-0.2, 0) is 4.79 Å². The molecule has 196 valence electrons. The van der Waals surface area contributed by atoms with Crippen molar-refractivity contribution in [1.82, 2.24) is 19.9 Å². The molecule has 2 N–H and O–H groups in total. The van der Waals surface area contributed by atoms with Crippen LogP contribution >= 0.6 is 0 Å². The Bertz CT molecular complexity index is 1200. The molecule has 2 unspecified atom stereocenters. The zero-order valence-corrected chi connectivity index (χ0v) is 21.0. The number of rotatable bonds is 7. The van der Waals surface area contributed by atoms with E-state index >= 15 is 4.39 Å². The maximum Gasteiger partial charge on any atom is 0.243 e. The van der Waals surface area contributed by atoms with Crippen LogP contribution in [0.3, 0.4) is 0 Å². The Morgan fingerprint density at radius 2 is 1.73 bits per heavy atom. The van der Waals surface area contributed by atoms with E-state index < -0.39 is 23.8 Å². The fourth-order valence-corrected chi connectivity index (χ4v) is 6.02. The minimum Gasteiger partial charge on any atom is -0.384 e. The normalized spacial score (nSPS) is 18.9. The van der Waals surface area contributed by atoms with Crippen LogP contribution in [0.2, 0.25) is 0 Å². The molecule has 2 atom stereocenters. The number of nitrogens with one attached hydrogen (secondary N) is 1. The van der Waals surface area contributed by atoms with Crippen LogP contribution in [0.15, 0.2) is 49.1 Å².